The van der Waals surface area contributed by atoms with Crippen LogP contribution in [0.1, 0.15) is 39.5 Å². The Morgan fingerprint density at radius 3 is 2.48 bits per heavy atom. The third-order valence-electron chi connectivity index (χ3n) is 3.97. The van der Waals surface area contributed by atoms with Gasteiger partial charge in [-0.1, -0.05) is 33.8 Å². The number of nitrogens with zero attached hydrogens (tertiary/aromatic N) is 2. The summed E-state index contributed by atoms with van der Waals surface area (Å²) in [5.74, 6) is 1.14. The fourth-order valence-electron chi connectivity index (χ4n) is 2.86. The zero-order valence-electron chi connectivity index (χ0n) is 15.1. The fraction of sp³-hybridized carbons (Fsp3) is 0.526. The van der Waals surface area contributed by atoms with Crippen LogP contribution in [-0.4, -0.2) is 35.8 Å². The Kier molecular flexibility index (Phi) is 5.69. The molecule has 0 saturated carbocycles. The Labute approximate surface area is 144 Å². The molecule has 0 aromatic carbocycles. The van der Waals surface area contributed by atoms with Gasteiger partial charge in [0, 0.05) is 25.8 Å². The highest BCUT2D eigenvalue weighted by Gasteiger charge is 2.31. The second-order valence-electron chi connectivity index (χ2n) is 7.09. The summed E-state index contributed by atoms with van der Waals surface area (Å²) < 4.78 is 0. The number of hydrogen-bond acceptors (Lipinski definition) is 3. The molecule has 1 aliphatic rings. The lowest BCUT2D eigenvalue weighted by Crippen LogP contribution is -2.31. The van der Waals surface area contributed by atoms with Crippen LogP contribution in [0.5, 0.6) is 0 Å². The van der Waals surface area contributed by atoms with E-state index in [9.17, 15) is 4.79 Å². The van der Waals surface area contributed by atoms with Crippen molar-refractivity contribution in [1.82, 2.24) is 9.80 Å². The van der Waals surface area contributed by atoms with Gasteiger partial charge in [-0.2, -0.15) is 0 Å². The molecule has 2 rings (SSSR count). The highest BCUT2D eigenvalue weighted by atomic mass is 32.1. The van der Waals surface area contributed by atoms with Gasteiger partial charge in [0.25, 0.3) is 5.91 Å². The SMILES string of the molecule is C/C(=C1/C=C(c2cccs2)N(CC(C)C)C1=O)N(C)CC(C)C. The van der Waals surface area contributed by atoms with Gasteiger partial charge in [-0.25, -0.2) is 0 Å². The molecule has 0 aliphatic carbocycles. The van der Waals surface area contributed by atoms with Crippen LogP contribution in [0.15, 0.2) is 34.9 Å². The molecule has 0 radical (unpaired) electrons. The van der Waals surface area contributed by atoms with E-state index < -0.39 is 0 Å². The summed E-state index contributed by atoms with van der Waals surface area (Å²) in [6.45, 7) is 12.5. The van der Waals surface area contributed by atoms with Crippen LogP contribution in [0.3, 0.4) is 0 Å². The number of carbonyl (C=O) groups excluding carboxylic acids is 1. The molecule has 0 N–H and O–H groups in total. The highest BCUT2D eigenvalue weighted by molar-refractivity contribution is 7.11. The van der Waals surface area contributed by atoms with Crippen LogP contribution in [0, 0.1) is 11.8 Å². The van der Waals surface area contributed by atoms with Gasteiger partial charge < -0.3 is 9.80 Å². The van der Waals surface area contributed by atoms with Gasteiger partial charge in [-0.3, -0.25) is 4.79 Å². The Morgan fingerprint density at radius 1 is 1.26 bits per heavy atom. The number of carbonyl (C=O) groups is 1. The quantitative estimate of drug-likeness (QED) is 0.719. The second kappa shape index (κ2) is 7.35. The van der Waals surface area contributed by atoms with E-state index in [2.05, 4.69) is 64.1 Å². The van der Waals surface area contributed by atoms with Gasteiger partial charge in [0.05, 0.1) is 16.1 Å². The summed E-state index contributed by atoms with van der Waals surface area (Å²) in [6, 6.07) is 4.13. The molecule has 0 fully saturated rings. The molecular formula is C19H28N2OS. The molecule has 3 nitrogen and oxygen atoms in total. The Bertz CT molecular complexity index is 611. The fourth-order valence-corrected chi connectivity index (χ4v) is 3.61. The summed E-state index contributed by atoms with van der Waals surface area (Å²) in [5, 5.41) is 2.06. The molecule has 1 aromatic rings. The number of rotatable bonds is 6. The summed E-state index contributed by atoms with van der Waals surface area (Å²) in [7, 11) is 2.07. The van der Waals surface area contributed by atoms with Crippen LogP contribution in [0.25, 0.3) is 5.70 Å². The molecule has 23 heavy (non-hydrogen) atoms. The number of amides is 1. The van der Waals surface area contributed by atoms with E-state index in [0.717, 1.165) is 34.9 Å². The van der Waals surface area contributed by atoms with Gasteiger partial charge in [-0.15, -0.1) is 11.3 Å². The van der Waals surface area contributed by atoms with Crippen molar-refractivity contribution < 1.29 is 4.79 Å². The number of hydrogen-bond donors (Lipinski definition) is 0. The molecule has 1 amide bonds. The Morgan fingerprint density at radius 2 is 1.96 bits per heavy atom. The van der Waals surface area contributed by atoms with E-state index in [4.69, 9.17) is 0 Å². The molecule has 0 atom stereocenters. The van der Waals surface area contributed by atoms with Crippen LogP contribution in [-0.2, 0) is 4.79 Å². The predicted octanol–water partition coefficient (Wildman–Crippen LogP) is 4.45. The molecule has 1 aliphatic heterocycles. The maximum Gasteiger partial charge on any atom is 0.260 e. The van der Waals surface area contributed by atoms with Crippen molar-refractivity contribution in [2.75, 3.05) is 20.1 Å². The smallest absolute Gasteiger partial charge is 0.260 e. The Hall–Kier alpha value is -1.55. The van der Waals surface area contributed by atoms with Crippen molar-refractivity contribution in [3.63, 3.8) is 0 Å². The van der Waals surface area contributed by atoms with Crippen molar-refractivity contribution in [3.8, 4) is 0 Å². The summed E-state index contributed by atoms with van der Waals surface area (Å²) in [4.78, 5) is 18.3. The molecular weight excluding hydrogens is 304 g/mol. The van der Waals surface area contributed by atoms with E-state index in [0.29, 0.717) is 11.8 Å². The van der Waals surface area contributed by atoms with E-state index >= 15 is 0 Å². The normalized spacial score (nSPS) is 17.3. The summed E-state index contributed by atoms with van der Waals surface area (Å²) in [5.41, 5.74) is 2.94. The highest BCUT2D eigenvalue weighted by Crippen LogP contribution is 2.34. The molecule has 2 heterocycles. The standard InChI is InChI=1S/C19H28N2OS/c1-13(2)11-20(6)15(5)16-10-17(18-8-7-9-23-18)21(19(16)22)12-14(3)4/h7-10,13-14H,11-12H2,1-6H3/b16-15+. The molecule has 0 unspecified atom stereocenters. The van der Waals surface area contributed by atoms with Crippen molar-refractivity contribution in [1.29, 1.82) is 0 Å². The topological polar surface area (TPSA) is 23.6 Å². The maximum atomic E-state index is 13.0. The van der Waals surface area contributed by atoms with Crippen molar-refractivity contribution in [3.05, 3.63) is 39.7 Å². The molecule has 0 saturated heterocycles. The van der Waals surface area contributed by atoms with E-state index in [1.807, 2.05) is 11.0 Å². The van der Waals surface area contributed by atoms with Crippen molar-refractivity contribution in [2.24, 2.45) is 11.8 Å². The Balaban J connectivity index is 2.39. The largest absolute Gasteiger partial charge is 0.377 e. The first-order chi connectivity index (χ1) is 10.8. The van der Waals surface area contributed by atoms with Crippen LogP contribution < -0.4 is 0 Å². The lowest BCUT2D eigenvalue weighted by Gasteiger charge is -2.25. The van der Waals surface area contributed by atoms with Crippen LogP contribution >= 0.6 is 11.3 Å². The maximum absolute atomic E-state index is 13.0. The molecule has 0 spiro atoms. The first kappa shape index (κ1) is 17.8. The molecule has 126 valence electrons. The van der Waals surface area contributed by atoms with Crippen molar-refractivity contribution >= 4 is 22.9 Å². The second-order valence-corrected chi connectivity index (χ2v) is 8.04. The molecule has 4 heteroatoms. The first-order valence-corrected chi connectivity index (χ1v) is 9.18. The third-order valence-corrected chi connectivity index (χ3v) is 4.86. The first-order valence-electron chi connectivity index (χ1n) is 8.30. The lowest BCUT2D eigenvalue weighted by atomic mass is 10.1. The van der Waals surface area contributed by atoms with Crippen LogP contribution in [0.2, 0.25) is 0 Å². The third kappa shape index (κ3) is 4.05. The lowest BCUT2D eigenvalue weighted by molar-refractivity contribution is -0.123. The average Bonchev–Trinajstić information content (AvgIpc) is 3.07. The molecule has 0 bridgehead atoms. The van der Waals surface area contributed by atoms with Gasteiger partial charge >= 0.3 is 0 Å². The van der Waals surface area contributed by atoms with Gasteiger partial charge in [0.15, 0.2) is 0 Å². The monoisotopic (exact) mass is 332 g/mol. The van der Waals surface area contributed by atoms with Gasteiger partial charge in [-0.05, 0) is 36.3 Å². The number of allylic oxidation sites excluding steroid dienone is 1. The number of thiophene rings is 1. The van der Waals surface area contributed by atoms with Gasteiger partial charge in [0.1, 0.15) is 0 Å². The van der Waals surface area contributed by atoms with E-state index in [1.165, 1.54) is 0 Å². The minimum atomic E-state index is 0.134. The molecule has 1 aromatic heterocycles. The van der Waals surface area contributed by atoms with Crippen LogP contribution in [0.4, 0.5) is 0 Å². The minimum Gasteiger partial charge on any atom is -0.377 e. The zero-order valence-corrected chi connectivity index (χ0v) is 15.9. The minimum absolute atomic E-state index is 0.134. The summed E-state index contributed by atoms with van der Waals surface area (Å²) in [6.07, 6.45) is 2.07. The van der Waals surface area contributed by atoms with E-state index in [-0.39, 0.29) is 5.91 Å². The zero-order chi connectivity index (χ0) is 17.1. The van der Waals surface area contributed by atoms with Crippen molar-refractivity contribution in [2.45, 2.75) is 34.6 Å². The van der Waals surface area contributed by atoms with E-state index in [1.54, 1.807) is 11.3 Å². The van der Waals surface area contributed by atoms with Gasteiger partial charge in [0.2, 0.25) is 0 Å². The predicted molar refractivity (Wildman–Crippen MR) is 99.0 cm³/mol. The average molecular weight is 333 g/mol. The summed E-state index contributed by atoms with van der Waals surface area (Å²) >= 11 is 1.69.